The molecule has 5 heteroatoms. The van der Waals surface area contributed by atoms with Gasteiger partial charge in [0.05, 0.1) is 0 Å². The molecule has 0 amide bonds. The van der Waals surface area contributed by atoms with Crippen molar-refractivity contribution in [3.05, 3.63) is 27.8 Å². The standard InChI is InChI=1S/C7H2BrClFNO/c8-3-1-2-4(10)6-5(3)11-7(9)12-6/h1-2H. The number of hydrogen-bond acceptors (Lipinski definition) is 2. The molecule has 0 unspecified atom stereocenters. The van der Waals surface area contributed by atoms with Gasteiger partial charge >= 0.3 is 0 Å². The Kier molecular flexibility index (Phi) is 1.81. The predicted octanol–water partition coefficient (Wildman–Crippen LogP) is 3.38. The Morgan fingerprint density at radius 2 is 2.25 bits per heavy atom. The molecule has 1 heterocycles. The highest BCUT2D eigenvalue weighted by atomic mass is 79.9. The number of oxazole rings is 1. The maximum absolute atomic E-state index is 13.0. The lowest BCUT2D eigenvalue weighted by atomic mass is 10.3. The first-order valence-electron chi connectivity index (χ1n) is 3.08. The maximum atomic E-state index is 13.0. The quantitative estimate of drug-likeness (QED) is 0.716. The number of fused-ring (bicyclic) bond motifs is 1. The Balaban J connectivity index is 2.93. The summed E-state index contributed by atoms with van der Waals surface area (Å²) in [4.78, 5) is 3.79. The topological polar surface area (TPSA) is 26.0 Å². The minimum absolute atomic E-state index is 0.0594. The highest BCUT2D eigenvalue weighted by molar-refractivity contribution is 9.10. The van der Waals surface area contributed by atoms with Crippen molar-refractivity contribution in [1.29, 1.82) is 0 Å². The molecule has 0 fully saturated rings. The van der Waals surface area contributed by atoms with E-state index >= 15 is 0 Å². The molecule has 62 valence electrons. The average Bonchev–Trinajstić information content (AvgIpc) is 2.41. The van der Waals surface area contributed by atoms with Gasteiger partial charge in [-0.15, -0.1) is 0 Å². The molecule has 0 saturated heterocycles. The molecule has 0 saturated carbocycles. The van der Waals surface area contributed by atoms with Crippen molar-refractivity contribution >= 4 is 38.6 Å². The zero-order chi connectivity index (χ0) is 8.72. The van der Waals surface area contributed by atoms with Crippen LogP contribution in [0.1, 0.15) is 0 Å². The monoisotopic (exact) mass is 249 g/mol. The number of rotatable bonds is 0. The number of benzene rings is 1. The molecule has 0 aliphatic carbocycles. The van der Waals surface area contributed by atoms with Crippen LogP contribution in [-0.2, 0) is 0 Å². The summed E-state index contributed by atoms with van der Waals surface area (Å²) in [5.74, 6) is -0.465. The van der Waals surface area contributed by atoms with Gasteiger partial charge in [-0.2, -0.15) is 4.98 Å². The second-order valence-electron chi connectivity index (χ2n) is 2.17. The molecule has 0 aliphatic rings. The van der Waals surface area contributed by atoms with Gasteiger partial charge in [-0.3, -0.25) is 0 Å². The first-order chi connectivity index (χ1) is 5.68. The van der Waals surface area contributed by atoms with Gasteiger partial charge in [0.2, 0.25) is 0 Å². The zero-order valence-electron chi connectivity index (χ0n) is 5.64. The zero-order valence-corrected chi connectivity index (χ0v) is 7.99. The van der Waals surface area contributed by atoms with E-state index in [1.165, 1.54) is 6.07 Å². The van der Waals surface area contributed by atoms with Gasteiger partial charge in [-0.05, 0) is 39.7 Å². The second kappa shape index (κ2) is 2.71. The van der Waals surface area contributed by atoms with Crippen molar-refractivity contribution in [2.24, 2.45) is 0 Å². The van der Waals surface area contributed by atoms with E-state index < -0.39 is 5.82 Å². The molecule has 0 radical (unpaired) electrons. The molecule has 0 atom stereocenters. The van der Waals surface area contributed by atoms with Crippen molar-refractivity contribution in [2.75, 3.05) is 0 Å². The molecule has 1 aromatic carbocycles. The second-order valence-corrected chi connectivity index (χ2v) is 3.35. The van der Waals surface area contributed by atoms with Crippen LogP contribution < -0.4 is 0 Å². The van der Waals surface area contributed by atoms with Crippen LogP contribution in [0.5, 0.6) is 0 Å². The number of hydrogen-bond donors (Lipinski definition) is 0. The van der Waals surface area contributed by atoms with E-state index in [0.29, 0.717) is 9.99 Å². The molecule has 2 aromatic rings. The van der Waals surface area contributed by atoms with Gasteiger partial charge in [0.25, 0.3) is 5.35 Å². The minimum atomic E-state index is -0.465. The Morgan fingerprint density at radius 1 is 1.50 bits per heavy atom. The van der Waals surface area contributed by atoms with Crippen molar-refractivity contribution in [3.63, 3.8) is 0 Å². The van der Waals surface area contributed by atoms with Gasteiger partial charge < -0.3 is 4.42 Å². The molecule has 0 bridgehead atoms. The lowest BCUT2D eigenvalue weighted by molar-refractivity contribution is 0.555. The third-order valence-corrected chi connectivity index (χ3v) is 2.22. The summed E-state index contributed by atoms with van der Waals surface area (Å²) in [7, 11) is 0. The fourth-order valence-electron chi connectivity index (χ4n) is 0.919. The summed E-state index contributed by atoms with van der Waals surface area (Å²) in [5.41, 5.74) is 0.481. The molecule has 2 rings (SSSR count). The Hall–Kier alpha value is -0.610. The van der Waals surface area contributed by atoms with Crippen LogP contribution in [-0.4, -0.2) is 4.98 Å². The van der Waals surface area contributed by atoms with E-state index in [1.54, 1.807) is 6.07 Å². The summed E-state index contributed by atoms with van der Waals surface area (Å²) < 4.78 is 18.5. The molecule has 0 aliphatic heterocycles. The van der Waals surface area contributed by atoms with Gasteiger partial charge in [0.15, 0.2) is 11.4 Å². The van der Waals surface area contributed by atoms with Crippen molar-refractivity contribution in [2.45, 2.75) is 0 Å². The van der Waals surface area contributed by atoms with Crippen LogP contribution >= 0.6 is 27.5 Å². The molecular weight excluding hydrogens is 248 g/mol. The van der Waals surface area contributed by atoms with Crippen LogP contribution in [0.25, 0.3) is 11.1 Å². The lowest BCUT2D eigenvalue weighted by Crippen LogP contribution is -1.76. The SMILES string of the molecule is Fc1ccc(Br)c2nc(Cl)oc12. The largest absolute Gasteiger partial charge is 0.424 e. The van der Waals surface area contributed by atoms with E-state index in [4.69, 9.17) is 16.0 Å². The lowest BCUT2D eigenvalue weighted by Gasteiger charge is -1.90. The Labute approximate surface area is 80.5 Å². The summed E-state index contributed by atoms with van der Waals surface area (Å²) in [5, 5.41) is -0.0594. The number of halogens is 3. The molecule has 2 nitrogen and oxygen atoms in total. The number of aromatic nitrogens is 1. The van der Waals surface area contributed by atoms with Gasteiger partial charge in [0, 0.05) is 4.47 Å². The smallest absolute Gasteiger partial charge is 0.293 e. The molecule has 12 heavy (non-hydrogen) atoms. The number of nitrogens with zero attached hydrogens (tertiary/aromatic N) is 1. The molecular formula is C7H2BrClFNO. The van der Waals surface area contributed by atoms with Crippen molar-refractivity contribution < 1.29 is 8.81 Å². The average molecular weight is 250 g/mol. The van der Waals surface area contributed by atoms with Crippen molar-refractivity contribution in [3.8, 4) is 0 Å². The molecule has 0 spiro atoms. The van der Waals surface area contributed by atoms with E-state index in [9.17, 15) is 4.39 Å². The van der Waals surface area contributed by atoms with E-state index in [-0.39, 0.29) is 10.9 Å². The van der Waals surface area contributed by atoms with Crippen LogP contribution in [0.15, 0.2) is 21.0 Å². The minimum Gasteiger partial charge on any atom is -0.424 e. The molecule has 0 N–H and O–H groups in total. The fourth-order valence-corrected chi connectivity index (χ4v) is 1.48. The summed E-state index contributed by atoms with van der Waals surface area (Å²) in [6.07, 6.45) is 0. The van der Waals surface area contributed by atoms with Gasteiger partial charge in [0.1, 0.15) is 5.52 Å². The first-order valence-corrected chi connectivity index (χ1v) is 4.25. The molecule has 1 aromatic heterocycles. The summed E-state index contributed by atoms with van der Waals surface area (Å²) in [6.45, 7) is 0. The third-order valence-electron chi connectivity index (χ3n) is 1.42. The van der Waals surface area contributed by atoms with Gasteiger partial charge in [-0.1, -0.05) is 0 Å². The van der Waals surface area contributed by atoms with E-state index in [2.05, 4.69) is 20.9 Å². The highest BCUT2D eigenvalue weighted by Crippen LogP contribution is 2.27. The first kappa shape index (κ1) is 8.01. The highest BCUT2D eigenvalue weighted by Gasteiger charge is 2.11. The van der Waals surface area contributed by atoms with Crippen LogP contribution in [0.3, 0.4) is 0 Å². The fraction of sp³-hybridized carbons (Fsp3) is 0. The maximum Gasteiger partial charge on any atom is 0.293 e. The normalized spacial score (nSPS) is 10.9. The van der Waals surface area contributed by atoms with Crippen LogP contribution in [0.2, 0.25) is 5.35 Å². The van der Waals surface area contributed by atoms with Crippen LogP contribution in [0.4, 0.5) is 4.39 Å². The predicted molar refractivity (Wildman–Crippen MR) is 46.7 cm³/mol. The van der Waals surface area contributed by atoms with Crippen LogP contribution in [0, 0.1) is 5.82 Å². The Bertz CT molecular complexity index is 403. The summed E-state index contributed by atoms with van der Waals surface area (Å²) >= 11 is 8.66. The van der Waals surface area contributed by atoms with E-state index in [1.807, 2.05) is 0 Å². The Morgan fingerprint density at radius 3 is 2.92 bits per heavy atom. The van der Waals surface area contributed by atoms with Crippen molar-refractivity contribution in [1.82, 2.24) is 4.98 Å². The summed E-state index contributed by atoms with van der Waals surface area (Å²) in [6, 6.07) is 2.84. The third kappa shape index (κ3) is 1.11. The van der Waals surface area contributed by atoms with Gasteiger partial charge in [-0.25, -0.2) is 4.39 Å². The van der Waals surface area contributed by atoms with E-state index in [0.717, 1.165) is 0 Å².